The molecule has 1 fully saturated rings. The van der Waals surface area contributed by atoms with Gasteiger partial charge in [-0.25, -0.2) is 0 Å². The minimum Gasteiger partial charge on any atom is -0.396 e. The first kappa shape index (κ1) is 16.4. The smallest absolute Gasteiger partial charge is 0.0533 e. The summed E-state index contributed by atoms with van der Waals surface area (Å²) in [6.45, 7) is 6.04. The third kappa shape index (κ3) is 5.73. The van der Waals surface area contributed by atoms with Crippen molar-refractivity contribution in [2.45, 2.75) is 19.4 Å². The molecule has 0 atom stereocenters. The first-order valence-corrected chi connectivity index (χ1v) is 7.74. The summed E-state index contributed by atoms with van der Waals surface area (Å²) in [5.74, 6) is 0. The molecule has 1 aliphatic rings. The molecule has 2 N–H and O–H groups in total. The molecule has 0 amide bonds. The van der Waals surface area contributed by atoms with Gasteiger partial charge in [0.05, 0.1) is 20.0 Å². The Morgan fingerprint density at radius 1 is 0.762 bits per heavy atom. The number of hydrogen-bond donors (Lipinski definition) is 2. The lowest BCUT2D eigenvalue weighted by atomic mass is 10.2. The summed E-state index contributed by atoms with van der Waals surface area (Å²) in [5, 5.41) is 18.0. The van der Waals surface area contributed by atoms with Crippen LogP contribution in [0.4, 0.5) is 0 Å². The van der Waals surface area contributed by atoms with Crippen molar-refractivity contribution in [1.29, 1.82) is 0 Å². The van der Waals surface area contributed by atoms with Crippen LogP contribution < -0.4 is 0 Å². The Bertz CT molecular complexity index is 372. The number of nitrogens with zero attached hydrogens (tertiary/aromatic N) is 3. The van der Waals surface area contributed by atoms with E-state index in [4.69, 9.17) is 10.2 Å². The van der Waals surface area contributed by atoms with Crippen molar-refractivity contribution < 1.29 is 10.2 Å². The SMILES string of the molecule is OCCCN1CN(CCCO)CN(Cc2ccccc2)C1. The molecular weight excluding hydrogens is 266 g/mol. The summed E-state index contributed by atoms with van der Waals surface area (Å²) in [6.07, 6.45) is 1.63. The van der Waals surface area contributed by atoms with Crippen molar-refractivity contribution in [1.82, 2.24) is 14.7 Å². The molecule has 5 nitrogen and oxygen atoms in total. The van der Waals surface area contributed by atoms with E-state index in [1.807, 2.05) is 6.07 Å². The van der Waals surface area contributed by atoms with Crippen LogP contribution in [0, 0.1) is 0 Å². The Hall–Kier alpha value is -0.980. The maximum atomic E-state index is 9.02. The van der Waals surface area contributed by atoms with Gasteiger partial charge in [0.1, 0.15) is 0 Å². The number of rotatable bonds is 8. The van der Waals surface area contributed by atoms with E-state index in [0.717, 1.165) is 52.5 Å². The molecule has 0 aromatic heterocycles. The molecule has 0 saturated carbocycles. The molecule has 5 heteroatoms. The summed E-state index contributed by atoms with van der Waals surface area (Å²) in [7, 11) is 0. The lowest BCUT2D eigenvalue weighted by molar-refractivity contribution is -0.0371. The van der Waals surface area contributed by atoms with Gasteiger partial charge in [-0.05, 0) is 18.4 Å². The van der Waals surface area contributed by atoms with Crippen molar-refractivity contribution in [2.24, 2.45) is 0 Å². The fourth-order valence-corrected chi connectivity index (χ4v) is 2.80. The monoisotopic (exact) mass is 293 g/mol. The van der Waals surface area contributed by atoms with Gasteiger partial charge in [-0.1, -0.05) is 30.3 Å². The summed E-state index contributed by atoms with van der Waals surface area (Å²) in [5.41, 5.74) is 1.32. The molecule has 0 radical (unpaired) electrons. The van der Waals surface area contributed by atoms with Crippen molar-refractivity contribution in [3.05, 3.63) is 35.9 Å². The first-order valence-electron chi connectivity index (χ1n) is 7.74. The summed E-state index contributed by atoms with van der Waals surface area (Å²) >= 11 is 0. The number of aliphatic hydroxyl groups excluding tert-OH is 2. The zero-order valence-corrected chi connectivity index (χ0v) is 12.7. The average molecular weight is 293 g/mol. The highest BCUT2D eigenvalue weighted by molar-refractivity contribution is 5.14. The highest BCUT2D eigenvalue weighted by atomic mass is 16.3. The molecule has 0 aliphatic carbocycles. The number of hydrogen-bond acceptors (Lipinski definition) is 5. The molecule has 1 heterocycles. The molecule has 2 rings (SSSR count). The van der Waals surface area contributed by atoms with E-state index >= 15 is 0 Å². The van der Waals surface area contributed by atoms with Crippen molar-refractivity contribution in [3.8, 4) is 0 Å². The highest BCUT2D eigenvalue weighted by Crippen LogP contribution is 2.12. The third-order valence-electron chi connectivity index (χ3n) is 3.71. The first-order chi connectivity index (χ1) is 10.3. The Morgan fingerprint density at radius 3 is 1.81 bits per heavy atom. The van der Waals surface area contributed by atoms with Gasteiger partial charge in [0.15, 0.2) is 0 Å². The second kappa shape index (κ2) is 9.12. The maximum Gasteiger partial charge on any atom is 0.0533 e. The Kier molecular flexibility index (Phi) is 7.12. The fourth-order valence-electron chi connectivity index (χ4n) is 2.80. The molecule has 1 aromatic carbocycles. The zero-order chi connectivity index (χ0) is 14.9. The lowest BCUT2D eigenvalue weighted by Gasteiger charge is -2.42. The zero-order valence-electron chi connectivity index (χ0n) is 12.7. The van der Waals surface area contributed by atoms with Crippen LogP contribution in [0.3, 0.4) is 0 Å². The molecule has 118 valence electrons. The largest absolute Gasteiger partial charge is 0.396 e. The van der Waals surface area contributed by atoms with Gasteiger partial charge in [-0.2, -0.15) is 0 Å². The molecule has 0 spiro atoms. The second-order valence-electron chi connectivity index (χ2n) is 5.68. The standard InChI is InChI=1S/C16H27N3O2/c20-10-4-8-17-13-18(9-5-11-21)15-19(14-17)12-16-6-2-1-3-7-16/h1-3,6-7,20-21H,4-5,8-15H2. The topological polar surface area (TPSA) is 50.2 Å². The van der Waals surface area contributed by atoms with E-state index in [0.29, 0.717) is 0 Å². The lowest BCUT2D eigenvalue weighted by Crippen LogP contribution is -2.54. The van der Waals surface area contributed by atoms with Gasteiger partial charge >= 0.3 is 0 Å². The molecular formula is C16H27N3O2. The normalized spacial score (nSPS) is 18.2. The minimum absolute atomic E-state index is 0.242. The van der Waals surface area contributed by atoms with E-state index in [2.05, 4.69) is 39.0 Å². The van der Waals surface area contributed by atoms with Crippen LogP contribution in [0.2, 0.25) is 0 Å². The predicted molar refractivity (Wildman–Crippen MR) is 83.4 cm³/mol. The van der Waals surface area contributed by atoms with E-state index in [9.17, 15) is 0 Å². The summed E-state index contributed by atoms with van der Waals surface area (Å²) in [4.78, 5) is 7.13. The summed E-state index contributed by atoms with van der Waals surface area (Å²) < 4.78 is 0. The van der Waals surface area contributed by atoms with Gasteiger partial charge < -0.3 is 10.2 Å². The van der Waals surface area contributed by atoms with Gasteiger partial charge in [0.2, 0.25) is 0 Å². The van der Waals surface area contributed by atoms with Crippen molar-refractivity contribution in [2.75, 3.05) is 46.3 Å². The van der Waals surface area contributed by atoms with Crippen LogP contribution >= 0.6 is 0 Å². The number of benzene rings is 1. The second-order valence-corrected chi connectivity index (χ2v) is 5.68. The molecule has 21 heavy (non-hydrogen) atoms. The van der Waals surface area contributed by atoms with Crippen molar-refractivity contribution in [3.63, 3.8) is 0 Å². The van der Waals surface area contributed by atoms with Crippen LogP contribution in [0.5, 0.6) is 0 Å². The average Bonchev–Trinajstić information content (AvgIpc) is 2.52. The van der Waals surface area contributed by atoms with Gasteiger partial charge in [0, 0.05) is 32.8 Å². The highest BCUT2D eigenvalue weighted by Gasteiger charge is 2.22. The molecule has 1 aliphatic heterocycles. The van der Waals surface area contributed by atoms with Crippen LogP contribution in [0.15, 0.2) is 30.3 Å². The minimum atomic E-state index is 0.242. The maximum absolute atomic E-state index is 9.02. The van der Waals surface area contributed by atoms with E-state index in [1.54, 1.807) is 0 Å². The molecule has 0 bridgehead atoms. The van der Waals surface area contributed by atoms with Crippen LogP contribution in [-0.4, -0.2) is 71.2 Å². The van der Waals surface area contributed by atoms with Gasteiger partial charge in [0.25, 0.3) is 0 Å². The van der Waals surface area contributed by atoms with Crippen LogP contribution in [-0.2, 0) is 6.54 Å². The van der Waals surface area contributed by atoms with Gasteiger partial charge in [-0.15, -0.1) is 0 Å². The third-order valence-corrected chi connectivity index (χ3v) is 3.71. The van der Waals surface area contributed by atoms with E-state index in [-0.39, 0.29) is 13.2 Å². The Labute approximate surface area is 127 Å². The summed E-state index contributed by atoms with van der Waals surface area (Å²) in [6, 6.07) is 10.5. The molecule has 1 aromatic rings. The molecule has 0 unspecified atom stereocenters. The Morgan fingerprint density at radius 2 is 1.29 bits per heavy atom. The number of aliphatic hydroxyl groups is 2. The van der Waals surface area contributed by atoms with Crippen LogP contribution in [0.1, 0.15) is 18.4 Å². The van der Waals surface area contributed by atoms with E-state index < -0.39 is 0 Å². The van der Waals surface area contributed by atoms with Crippen molar-refractivity contribution >= 4 is 0 Å². The van der Waals surface area contributed by atoms with Crippen LogP contribution in [0.25, 0.3) is 0 Å². The predicted octanol–water partition coefficient (Wildman–Crippen LogP) is 0.743. The van der Waals surface area contributed by atoms with Gasteiger partial charge in [-0.3, -0.25) is 14.7 Å². The fraction of sp³-hybridized carbons (Fsp3) is 0.625. The molecule has 1 saturated heterocycles. The Balaban J connectivity index is 1.91. The van der Waals surface area contributed by atoms with E-state index in [1.165, 1.54) is 5.56 Å². The quantitative estimate of drug-likeness (QED) is 0.740.